The fourth-order valence-electron chi connectivity index (χ4n) is 3.24. The maximum atomic E-state index is 5.44. The van der Waals surface area contributed by atoms with E-state index >= 15 is 0 Å². The first-order valence-corrected chi connectivity index (χ1v) is 7.99. The van der Waals surface area contributed by atoms with Gasteiger partial charge in [0, 0.05) is 30.6 Å². The van der Waals surface area contributed by atoms with Crippen molar-refractivity contribution in [3.8, 4) is 5.75 Å². The van der Waals surface area contributed by atoms with Gasteiger partial charge in [0.25, 0.3) is 0 Å². The maximum Gasteiger partial charge on any atom is 0.123 e. The molecule has 1 aliphatic rings. The lowest BCUT2D eigenvalue weighted by molar-refractivity contribution is 0.337. The number of para-hydroxylation sites is 1. The zero-order valence-corrected chi connectivity index (χ0v) is 13.1. The molecule has 2 N–H and O–H groups in total. The van der Waals surface area contributed by atoms with E-state index in [-0.39, 0.29) is 0 Å². The highest BCUT2D eigenvalue weighted by atomic mass is 16.5. The molecule has 2 atom stereocenters. The zero-order valence-electron chi connectivity index (χ0n) is 13.1. The average molecular weight is 296 g/mol. The summed E-state index contributed by atoms with van der Waals surface area (Å²) in [4.78, 5) is 0. The Morgan fingerprint density at radius 1 is 1.09 bits per heavy atom. The van der Waals surface area contributed by atoms with Crippen LogP contribution in [0, 0.1) is 0 Å². The van der Waals surface area contributed by atoms with Gasteiger partial charge in [0.2, 0.25) is 0 Å². The minimum atomic E-state index is 0.494. The Balaban J connectivity index is 1.69. The lowest BCUT2D eigenvalue weighted by Crippen LogP contribution is -2.45. The average Bonchev–Trinajstić information content (AvgIpc) is 2.61. The van der Waals surface area contributed by atoms with Gasteiger partial charge in [-0.25, -0.2) is 0 Å². The predicted molar refractivity (Wildman–Crippen MR) is 90.3 cm³/mol. The van der Waals surface area contributed by atoms with Crippen molar-refractivity contribution in [1.82, 2.24) is 10.6 Å². The van der Waals surface area contributed by atoms with Crippen molar-refractivity contribution in [2.24, 2.45) is 0 Å². The van der Waals surface area contributed by atoms with E-state index in [0.29, 0.717) is 12.0 Å². The largest absolute Gasteiger partial charge is 0.496 e. The molecule has 1 heterocycles. The molecular weight excluding hydrogens is 272 g/mol. The van der Waals surface area contributed by atoms with E-state index in [2.05, 4.69) is 53.1 Å². The van der Waals surface area contributed by atoms with Crippen LogP contribution in [0.5, 0.6) is 5.75 Å². The summed E-state index contributed by atoms with van der Waals surface area (Å²) in [6, 6.07) is 19.5. The highest BCUT2D eigenvalue weighted by Crippen LogP contribution is 2.25. The summed E-state index contributed by atoms with van der Waals surface area (Å²) in [5.74, 6) is 1.48. The van der Waals surface area contributed by atoms with Gasteiger partial charge in [-0.15, -0.1) is 0 Å². The first kappa shape index (κ1) is 15.1. The Labute approximate surface area is 132 Å². The molecule has 0 aromatic heterocycles. The summed E-state index contributed by atoms with van der Waals surface area (Å²) in [5, 5.41) is 7.26. The number of methoxy groups -OCH3 is 1. The number of hydrogen-bond acceptors (Lipinski definition) is 3. The van der Waals surface area contributed by atoms with Crippen molar-refractivity contribution in [2.45, 2.75) is 24.9 Å². The van der Waals surface area contributed by atoms with Crippen LogP contribution in [0.4, 0.5) is 0 Å². The molecule has 2 aromatic rings. The van der Waals surface area contributed by atoms with Gasteiger partial charge < -0.3 is 15.4 Å². The smallest absolute Gasteiger partial charge is 0.123 e. The summed E-state index contributed by atoms with van der Waals surface area (Å²) >= 11 is 0. The molecule has 0 spiro atoms. The monoisotopic (exact) mass is 296 g/mol. The van der Waals surface area contributed by atoms with E-state index < -0.39 is 0 Å². The van der Waals surface area contributed by atoms with Crippen LogP contribution in [-0.4, -0.2) is 26.2 Å². The van der Waals surface area contributed by atoms with Gasteiger partial charge in [0.1, 0.15) is 5.75 Å². The third-order valence-electron chi connectivity index (χ3n) is 4.46. The van der Waals surface area contributed by atoms with Gasteiger partial charge in [-0.1, -0.05) is 48.5 Å². The van der Waals surface area contributed by atoms with Crippen LogP contribution >= 0.6 is 0 Å². The molecule has 1 fully saturated rings. The van der Waals surface area contributed by atoms with Crippen molar-refractivity contribution in [2.75, 3.05) is 20.2 Å². The Bertz CT molecular complexity index is 585. The van der Waals surface area contributed by atoms with Crippen molar-refractivity contribution in [1.29, 1.82) is 0 Å². The number of rotatable bonds is 5. The van der Waals surface area contributed by atoms with Gasteiger partial charge >= 0.3 is 0 Å². The third kappa shape index (κ3) is 3.49. The molecule has 0 radical (unpaired) electrons. The van der Waals surface area contributed by atoms with Crippen LogP contribution in [0.3, 0.4) is 0 Å². The van der Waals surface area contributed by atoms with Crippen molar-refractivity contribution in [3.63, 3.8) is 0 Å². The lowest BCUT2D eigenvalue weighted by atomic mass is 9.87. The number of piperidine rings is 1. The molecule has 0 aliphatic carbocycles. The summed E-state index contributed by atoms with van der Waals surface area (Å²) in [6.45, 7) is 2.96. The van der Waals surface area contributed by atoms with Crippen LogP contribution < -0.4 is 15.4 Å². The number of benzene rings is 2. The minimum absolute atomic E-state index is 0.494. The topological polar surface area (TPSA) is 33.3 Å². The second kappa shape index (κ2) is 7.43. The normalized spacial score (nSPS) is 21.5. The van der Waals surface area contributed by atoms with Crippen molar-refractivity contribution in [3.05, 3.63) is 65.7 Å². The fourth-order valence-corrected chi connectivity index (χ4v) is 3.24. The van der Waals surface area contributed by atoms with Crippen molar-refractivity contribution >= 4 is 0 Å². The van der Waals surface area contributed by atoms with Gasteiger partial charge in [0.15, 0.2) is 0 Å². The van der Waals surface area contributed by atoms with E-state index in [1.807, 2.05) is 12.1 Å². The summed E-state index contributed by atoms with van der Waals surface area (Å²) in [6.07, 6.45) is 1.15. The molecule has 116 valence electrons. The van der Waals surface area contributed by atoms with Crippen LogP contribution in [0.1, 0.15) is 23.5 Å². The standard InChI is InChI=1S/C19H24N2O/c1-22-19-10-6-5-9-16(19)13-21-18-11-12-20-14-17(18)15-7-3-2-4-8-15/h2-10,17-18,20-21H,11-14H2,1H3/t17-,18-/m0/s1. The second-order valence-electron chi connectivity index (χ2n) is 5.81. The Hall–Kier alpha value is -1.84. The molecular formula is C19H24N2O. The molecule has 2 aromatic carbocycles. The summed E-state index contributed by atoms with van der Waals surface area (Å²) < 4.78 is 5.44. The lowest BCUT2D eigenvalue weighted by Gasteiger charge is -2.33. The predicted octanol–water partition coefficient (Wildman–Crippen LogP) is 2.93. The number of hydrogen-bond donors (Lipinski definition) is 2. The molecule has 1 aliphatic heterocycles. The van der Waals surface area contributed by atoms with E-state index in [1.54, 1.807) is 7.11 Å². The second-order valence-corrected chi connectivity index (χ2v) is 5.81. The van der Waals surface area contributed by atoms with Gasteiger partial charge in [-0.05, 0) is 24.6 Å². The molecule has 0 saturated carbocycles. The van der Waals surface area contributed by atoms with Crippen molar-refractivity contribution < 1.29 is 4.74 Å². The van der Waals surface area contributed by atoms with Gasteiger partial charge in [-0.2, -0.15) is 0 Å². The van der Waals surface area contributed by atoms with E-state index in [4.69, 9.17) is 4.74 Å². The molecule has 3 heteroatoms. The van der Waals surface area contributed by atoms with Crippen LogP contribution in [0.15, 0.2) is 54.6 Å². The minimum Gasteiger partial charge on any atom is -0.496 e. The van der Waals surface area contributed by atoms with E-state index in [0.717, 1.165) is 31.8 Å². The summed E-state index contributed by atoms with van der Waals surface area (Å²) in [7, 11) is 1.73. The van der Waals surface area contributed by atoms with Crippen LogP contribution in [0.25, 0.3) is 0 Å². The maximum absolute atomic E-state index is 5.44. The quantitative estimate of drug-likeness (QED) is 0.890. The third-order valence-corrected chi connectivity index (χ3v) is 4.46. The zero-order chi connectivity index (χ0) is 15.2. The van der Waals surface area contributed by atoms with Gasteiger partial charge in [-0.3, -0.25) is 0 Å². The molecule has 0 amide bonds. The Morgan fingerprint density at radius 3 is 2.68 bits per heavy atom. The van der Waals surface area contributed by atoms with Crippen LogP contribution in [-0.2, 0) is 6.54 Å². The highest BCUT2D eigenvalue weighted by Gasteiger charge is 2.25. The molecule has 0 unspecified atom stereocenters. The Morgan fingerprint density at radius 2 is 1.86 bits per heavy atom. The molecule has 3 nitrogen and oxygen atoms in total. The molecule has 1 saturated heterocycles. The molecule has 22 heavy (non-hydrogen) atoms. The number of ether oxygens (including phenoxy) is 1. The highest BCUT2D eigenvalue weighted by molar-refractivity contribution is 5.33. The SMILES string of the molecule is COc1ccccc1CN[C@H]1CCNC[C@H]1c1ccccc1. The molecule has 0 bridgehead atoms. The van der Waals surface area contributed by atoms with Crippen LogP contribution in [0.2, 0.25) is 0 Å². The number of nitrogens with one attached hydrogen (secondary N) is 2. The fraction of sp³-hybridized carbons (Fsp3) is 0.368. The first-order valence-electron chi connectivity index (χ1n) is 7.99. The van der Waals surface area contributed by atoms with Gasteiger partial charge in [0.05, 0.1) is 7.11 Å². The first-order chi connectivity index (χ1) is 10.9. The summed E-state index contributed by atoms with van der Waals surface area (Å²) in [5.41, 5.74) is 2.63. The van der Waals surface area contributed by atoms with E-state index in [1.165, 1.54) is 11.1 Å². The Kier molecular flexibility index (Phi) is 5.09. The molecule has 3 rings (SSSR count). The van der Waals surface area contributed by atoms with E-state index in [9.17, 15) is 0 Å².